The van der Waals surface area contributed by atoms with Crippen LogP contribution in [0.15, 0.2) is 30.4 Å². The van der Waals surface area contributed by atoms with Gasteiger partial charge in [0.1, 0.15) is 5.82 Å². The van der Waals surface area contributed by atoms with Gasteiger partial charge >= 0.3 is 6.18 Å². The summed E-state index contributed by atoms with van der Waals surface area (Å²) in [6.45, 7) is 8.28. The molecule has 0 amide bonds. The molecule has 1 atom stereocenters. The van der Waals surface area contributed by atoms with Gasteiger partial charge in [0, 0.05) is 32.2 Å². The topological polar surface area (TPSA) is 15.3 Å². The quantitative estimate of drug-likeness (QED) is 0.672. The Morgan fingerprint density at radius 1 is 1.32 bits per heavy atom. The minimum absolute atomic E-state index is 0.00241. The van der Waals surface area contributed by atoms with Crippen molar-refractivity contribution in [3.63, 3.8) is 0 Å². The molecule has 1 saturated heterocycles. The molecule has 0 bridgehead atoms. The molecule has 1 aliphatic rings. The molecule has 1 aromatic rings. The molecular weight excluding hydrogens is 296 g/mol. The molecule has 1 heterocycles. The largest absolute Gasteiger partial charge is 0.416 e. The van der Waals surface area contributed by atoms with Crippen molar-refractivity contribution in [2.75, 3.05) is 26.2 Å². The highest BCUT2D eigenvalue weighted by Crippen LogP contribution is 2.38. The second kappa shape index (κ2) is 6.79. The molecule has 1 N–H and O–H groups in total. The highest BCUT2D eigenvalue weighted by Gasteiger charge is 2.37. The van der Waals surface area contributed by atoms with E-state index in [-0.39, 0.29) is 5.56 Å². The highest BCUT2D eigenvalue weighted by atomic mass is 19.4. The maximum Gasteiger partial charge on any atom is 0.416 e. The average Bonchev–Trinajstić information content (AvgIpc) is 2.44. The molecule has 2 rings (SSSR count). The number of nitrogens with zero attached hydrogens (tertiary/aromatic N) is 1. The summed E-state index contributed by atoms with van der Waals surface area (Å²) in [4.78, 5) is 1.97. The molecule has 0 unspecified atom stereocenters. The van der Waals surface area contributed by atoms with Crippen LogP contribution in [0.3, 0.4) is 0 Å². The van der Waals surface area contributed by atoms with Crippen molar-refractivity contribution in [2.45, 2.75) is 25.6 Å². The van der Waals surface area contributed by atoms with E-state index in [0.717, 1.165) is 23.8 Å². The normalized spacial score (nSPS) is 18.2. The van der Waals surface area contributed by atoms with Crippen LogP contribution in [0.4, 0.5) is 17.6 Å². The lowest BCUT2D eigenvalue weighted by atomic mass is 9.93. The maximum atomic E-state index is 13.6. The summed E-state index contributed by atoms with van der Waals surface area (Å²) in [7, 11) is 0. The van der Waals surface area contributed by atoms with Crippen LogP contribution < -0.4 is 5.32 Å². The molecule has 22 heavy (non-hydrogen) atoms. The summed E-state index contributed by atoms with van der Waals surface area (Å²) in [5, 5.41) is 3.17. The fourth-order valence-corrected chi connectivity index (χ4v) is 2.83. The van der Waals surface area contributed by atoms with Crippen molar-refractivity contribution in [1.29, 1.82) is 0 Å². The monoisotopic (exact) mass is 316 g/mol. The first-order valence-electron chi connectivity index (χ1n) is 7.25. The Labute approximate surface area is 127 Å². The number of hydrogen-bond donors (Lipinski definition) is 1. The second-order valence-electron chi connectivity index (χ2n) is 5.69. The average molecular weight is 316 g/mol. The zero-order valence-corrected chi connectivity index (χ0v) is 12.5. The zero-order valence-electron chi connectivity index (χ0n) is 12.5. The molecule has 1 aliphatic heterocycles. The van der Waals surface area contributed by atoms with E-state index in [2.05, 4.69) is 11.9 Å². The first-order chi connectivity index (χ1) is 10.3. The van der Waals surface area contributed by atoms with Crippen LogP contribution >= 0.6 is 0 Å². The predicted molar refractivity (Wildman–Crippen MR) is 78.0 cm³/mol. The molecule has 0 saturated carbocycles. The van der Waals surface area contributed by atoms with E-state index in [1.807, 2.05) is 4.90 Å². The summed E-state index contributed by atoms with van der Waals surface area (Å²) in [5.74, 6) is -0.648. The third kappa shape index (κ3) is 4.08. The standard InChI is InChI=1S/C16H20F4N2/c1-11(2)9-15(22-7-5-21-6-8-22)13-10-12(17)3-4-14(13)16(18,19)20/h3-4,10,15,21H,1,5-9H2,2H3/t15-/m1/s1. The molecule has 1 aromatic carbocycles. The van der Waals surface area contributed by atoms with Gasteiger partial charge < -0.3 is 5.32 Å². The number of halogens is 4. The number of piperazine rings is 1. The second-order valence-corrected chi connectivity index (χ2v) is 5.69. The fourth-order valence-electron chi connectivity index (χ4n) is 2.83. The number of hydrogen-bond acceptors (Lipinski definition) is 2. The predicted octanol–water partition coefficient (Wildman–Crippen LogP) is 3.76. The summed E-state index contributed by atoms with van der Waals surface area (Å²) in [5.41, 5.74) is 0.0111. The third-order valence-corrected chi connectivity index (χ3v) is 3.81. The van der Waals surface area contributed by atoms with E-state index < -0.39 is 23.6 Å². The molecule has 122 valence electrons. The molecule has 1 fully saturated rings. The lowest BCUT2D eigenvalue weighted by molar-refractivity contribution is -0.138. The van der Waals surface area contributed by atoms with Crippen LogP contribution in [0.2, 0.25) is 0 Å². The summed E-state index contributed by atoms with van der Waals surface area (Å²) in [6.07, 6.45) is -4.11. The number of alkyl halides is 3. The lowest BCUT2D eigenvalue weighted by Crippen LogP contribution is -2.45. The molecule has 0 aliphatic carbocycles. The third-order valence-electron chi connectivity index (χ3n) is 3.81. The maximum absolute atomic E-state index is 13.6. The van der Waals surface area contributed by atoms with Gasteiger partial charge in [-0.2, -0.15) is 13.2 Å². The minimum Gasteiger partial charge on any atom is -0.314 e. The Bertz CT molecular complexity index is 533. The Morgan fingerprint density at radius 3 is 2.50 bits per heavy atom. The first kappa shape index (κ1) is 17.0. The van der Waals surface area contributed by atoms with E-state index in [1.54, 1.807) is 6.92 Å². The Balaban J connectivity index is 2.45. The number of benzene rings is 1. The number of rotatable bonds is 4. The van der Waals surface area contributed by atoms with Crippen molar-refractivity contribution >= 4 is 0 Å². The van der Waals surface area contributed by atoms with Gasteiger partial charge in [0.25, 0.3) is 0 Å². The number of nitrogens with one attached hydrogen (secondary N) is 1. The molecule has 2 nitrogen and oxygen atoms in total. The smallest absolute Gasteiger partial charge is 0.314 e. The molecule has 6 heteroatoms. The summed E-state index contributed by atoms with van der Waals surface area (Å²) in [6, 6.07) is 2.20. The summed E-state index contributed by atoms with van der Waals surface area (Å²) >= 11 is 0. The van der Waals surface area contributed by atoms with Gasteiger partial charge in [0.05, 0.1) is 5.56 Å². The molecular formula is C16H20F4N2. The van der Waals surface area contributed by atoms with Crippen LogP contribution in [-0.2, 0) is 6.18 Å². The van der Waals surface area contributed by atoms with Gasteiger partial charge in [-0.3, -0.25) is 4.90 Å². The van der Waals surface area contributed by atoms with Crippen LogP contribution in [0, 0.1) is 5.82 Å². The lowest BCUT2D eigenvalue weighted by Gasteiger charge is -2.36. The van der Waals surface area contributed by atoms with Crippen molar-refractivity contribution < 1.29 is 17.6 Å². The van der Waals surface area contributed by atoms with Gasteiger partial charge in [0.2, 0.25) is 0 Å². The van der Waals surface area contributed by atoms with Gasteiger partial charge in [-0.25, -0.2) is 4.39 Å². The molecule has 0 radical (unpaired) electrons. The summed E-state index contributed by atoms with van der Waals surface area (Å²) < 4.78 is 53.4. The fraction of sp³-hybridized carbons (Fsp3) is 0.500. The molecule has 0 aromatic heterocycles. The van der Waals surface area contributed by atoms with Gasteiger partial charge in [-0.15, -0.1) is 6.58 Å². The van der Waals surface area contributed by atoms with E-state index in [1.165, 1.54) is 0 Å². The van der Waals surface area contributed by atoms with Crippen molar-refractivity contribution in [1.82, 2.24) is 10.2 Å². The Hall–Kier alpha value is -1.40. The minimum atomic E-state index is -4.50. The van der Waals surface area contributed by atoms with Gasteiger partial charge in [0.15, 0.2) is 0 Å². The van der Waals surface area contributed by atoms with Gasteiger partial charge in [-0.1, -0.05) is 5.57 Å². The van der Waals surface area contributed by atoms with E-state index in [0.29, 0.717) is 32.6 Å². The van der Waals surface area contributed by atoms with Crippen LogP contribution in [0.1, 0.15) is 30.5 Å². The van der Waals surface area contributed by atoms with Gasteiger partial charge in [-0.05, 0) is 37.1 Å². The van der Waals surface area contributed by atoms with E-state index in [4.69, 9.17) is 0 Å². The van der Waals surface area contributed by atoms with Crippen LogP contribution in [0.25, 0.3) is 0 Å². The Kier molecular flexibility index (Phi) is 5.24. The van der Waals surface area contributed by atoms with Crippen molar-refractivity contribution in [3.05, 3.63) is 47.3 Å². The van der Waals surface area contributed by atoms with Crippen molar-refractivity contribution in [2.24, 2.45) is 0 Å². The van der Waals surface area contributed by atoms with E-state index >= 15 is 0 Å². The first-order valence-corrected chi connectivity index (χ1v) is 7.25. The van der Waals surface area contributed by atoms with Crippen LogP contribution in [-0.4, -0.2) is 31.1 Å². The molecule has 0 spiro atoms. The van der Waals surface area contributed by atoms with Crippen LogP contribution in [0.5, 0.6) is 0 Å². The Morgan fingerprint density at radius 2 is 1.95 bits per heavy atom. The highest BCUT2D eigenvalue weighted by molar-refractivity contribution is 5.34. The van der Waals surface area contributed by atoms with E-state index in [9.17, 15) is 17.6 Å². The zero-order chi connectivity index (χ0) is 16.3. The SMILES string of the molecule is C=C(C)C[C@H](c1cc(F)ccc1C(F)(F)F)N1CCNCC1. The van der Waals surface area contributed by atoms with Crippen molar-refractivity contribution in [3.8, 4) is 0 Å².